The smallest absolute Gasteiger partial charge is 0.326 e. The monoisotopic (exact) mass is 336 g/mol. The van der Waals surface area contributed by atoms with Gasteiger partial charge in [-0.25, -0.2) is 9.18 Å². The van der Waals surface area contributed by atoms with Crippen molar-refractivity contribution in [3.05, 3.63) is 33.6 Å². The van der Waals surface area contributed by atoms with Crippen molar-refractivity contribution in [3.8, 4) is 0 Å². The zero-order valence-corrected chi connectivity index (χ0v) is 12.0. The molecule has 1 aromatic rings. The number of nitrogens with two attached hydrogens (primary N) is 1. The second kappa shape index (κ2) is 7.24. The Kier molecular flexibility index (Phi) is 5.92. The molecular formula is C12H11Cl2FN2O4. The molecule has 4 N–H and O–H groups in total. The molecule has 0 bridgehead atoms. The minimum Gasteiger partial charge on any atom is -0.480 e. The van der Waals surface area contributed by atoms with E-state index in [0.29, 0.717) is 0 Å². The average Bonchev–Trinajstić information content (AvgIpc) is 2.37. The van der Waals surface area contributed by atoms with Crippen LogP contribution in [0.5, 0.6) is 0 Å². The molecule has 0 saturated heterocycles. The first kappa shape index (κ1) is 17.2. The molecule has 0 unspecified atom stereocenters. The zero-order valence-electron chi connectivity index (χ0n) is 10.5. The first-order valence-electron chi connectivity index (χ1n) is 5.69. The summed E-state index contributed by atoms with van der Waals surface area (Å²) in [5.41, 5.74) is 4.65. The largest absolute Gasteiger partial charge is 0.480 e. The molecule has 0 radical (unpaired) electrons. The molecule has 21 heavy (non-hydrogen) atoms. The first-order chi connectivity index (χ1) is 9.72. The number of amides is 2. The van der Waals surface area contributed by atoms with Gasteiger partial charge < -0.3 is 16.2 Å². The molecule has 6 nitrogen and oxygen atoms in total. The van der Waals surface area contributed by atoms with Crippen LogP contribution in [0.4, 0.5) is 4.39 Å². The summed E-state index contributed by atoms with van der Waals surface area (Å²) in [5, 5.41) is 10.7. The molecule has 0 fully saturated rings. The number of benzene rings is 1. The normalized spacial score (nSPS) is 11.8. The van der Waals surface area contributed by atoms with Crippen molar-refractivity contribution in [2.75, 3.05) is 0 Å². The lowest BCUT2D eigenvalue weighted by atomic mass is 10.1. The summed E-state index contributed by atoms with van der Waals surface area (Å²) in [7, 11) is 0. The van der Waals surface area contributed by atoms with Crippen molar-refractivity contribution >= 4 is 41.0 Å². The maximum Gasteiger partial charge on any atom is 0.326 e. The van der Waals surface area contributed by atoms with Crippen LogP contribution in [-0.2, 0) is 9.59 Å². The van der Waals surface area contributed by atoms with Gasteiger partial charge in [0.15, 0.2) is 0 Å². The second-order valence-corrected chi connectivity index (χ2v) is 4.93. The van der Waals surface area contributed by atoms with Crippen molar-refractivity contribution in [1.82, 2.24) is 5.32 Å². The van der Waals surface area contributed by atoms with Crippen LogP contribution in [0.3, 0.4) is 0 Å². The Hall–Kier alpha value is -1.86. The third-order valence-corrected chi connectivity index (χ3v) is 3.14. The minimum atomic E-state index is -1.35. The number of carbonyl (C=O) groups excluding carboxylic acids is 2. The van der Waals surface area contributed by atoms with Gasteiger partial charge in [0, 0.05) is 6.42 Å². The van der Waals surface area contributed by atoms with E-state index in [1.807, 2.05) is 0 Å². The van der Waals surface area contributed by atoms with Crippen LogP contribution in [0.2, 0.25) is 10.0 Å². The Morgan fingerprint density at radius 1 is 1.29 bits per heavy atom. The Bertz CT molecular complexity index is 595. The third kappa shape index (κ3) is 4.87. The highest BCUT2D eigenvalue weighted by Gasteiger charge is 2.23. The average molecular weight is 337 g/mol. The van der Waals surface area contributed by atoms with E-state index in [1.165, 1.54) is 0 Å². The number of carboxylic acid groups (broad SMARTS) is 1. The topological polar surface area (TPSA) is 109 Å². The van der Waals surface area contributed by atoms with Gasteiger partial charge in [0.2, 0.25) is 5.91 Å². The fourth-order valence-corrected chi connectivity index (χ4v) is 1.95. The van der Waals surface area contributed by atoms with Gasteiger partial charge in [-0.2, -0.15) is 0 Å². The van der Waals surface area contributed by atoms with Crippen LogP contribution >= 0.6 is 23.2 Å². The van der Waals surface area contributed by atoms with E-state index in [4.69, 9.17) is 34.0 Å². The molecule has 114 valence electrons. The standard InChI is InChI=1S/C12H11Cl2FN2O4/c13-6-4-7(14)8(15)3-5(6)11(19)17-9(12(20)21)1-2-10(16)18/h3-4,9H,1-2H2,(H2,16,18)(H,17,19)(H,20,21)/t9-/m1/s1. The molecule has 1 atom stereocenters. The first-order valence-corrected chi connectivity index (χ1v) is 6.44. The number of hydrogen-bond acceptors (Lipinski definition) is 3. The molecule has 2 amide bonds. The molecule has 0 aromatic heterocycles. The highest BCUT2D eigenvalue weighted by Crippen LogP contribution is 2.24. The summed E-state index contributed by atoms with van der Waals surface area (Å²) in [6.07, 6.45) is -0.413. The van der Waals surface area contributed by atoms with Crippen molar-refractivity contribution in [3.63, 3.8) is 0 Å². The Morgan fingerprint density at radius 2 is 1.90 bits per heavy atom. The number of aliphatic carboxylic acids is 1. The van der Waals surface area contributed by atoms with Crippen LogP contribution in [-0.4, -0.2) is 28.9 Å². The summed E-state index contributed by atoms with van der Waals surface area (Å²) in [6, 6.07) is 0.485. The summed E-state index contributed by atoms with van der Waals surface area (Å²) in [6.45, 7) is 0. The predicted molar refractivity (Wildman–Crippen MR) is 73.7 cm³/mol. The fraction of sp³-hybridized carbons (Fsp3) is 0.250. The number of hydrogen-bond donors (Lipinski definition) is 3. The van der Waals surface area contributed by atoms with E-state index < -0.39 is 29.6 Å². The predicted octanol–water partition coefficient (Wildman–Crippen LogP) is 1.58. The van der Waals surface area contributed by atoms with Gasteiger partial charge in [0.25, 0.3) is 5.91 Å². The van der Waals surface area contributed by atoms with Gasteiger partial charge in [-0.15, -0.1) is 0 Å². The van der Waals surface area contributed by atoms with Crippen LogP contribution in [0.15, 0.2) is 12.1 Å². The maximum atomic E-state index is 13.3. The third-order valence-electron chi connectivity index (χ3n) is 2.54. The Balaban J connectivity index is 2.89. The van der Waals surface area contributed by atoms with Gasteiger partial charge >= 0.3 is 5.97 Å². The van der Waals surface area contributed by atoms with Gasteiger partial charge in [0.05, 0.1) is 15.6 Å². The lowest BCUT2D eigenvalue weighted by molar-refractivity contribution is -0.139. The molecule has 0 aliphatic heterocycles. The number of rotatable bonds is 6. The molecule has 9 heteroatoms. The van der Waals surface area contributed by atoms with E-state index >= 15 is 0 Å². The molecule has 0 spiro atoms. The summed E-state index contributed by atoms with van der Waals surface area (Å²) < 4.78 is 13.3. The minimum absolute atomic E-state index is 0.127. The SMILES string of the molecule is NC(=O)CC[C@@H](NC(=O)c1cc(F)c(Cl)cc1Cl)C(=O)O. The van der Waals surface area contributed by atoms with Crippen molar-refractivity contribution < 1.29 is 23.9 Å². The molecule has 0 saturated carbocycles. The van der Waals surface area contributed by atoms with Crippen LogP contribution in [0, 0.1) is 5.82 Å². The second-order valence-electron chi connectivity index (χ2n) is 4.12. The van der Waals surface area contributed by atoms with E-state index in [2.05, 4.69) is 5.32 Å². The number of primary amides is 1. The van der Waals surface area contributed by atoms with Gasteiger partial charge in [-0.1, -0.05) is 23.2 Å². The van der Waals surface area contributed by atoms with Gasteiger partial charge in [-0.3, -0.25) is 9.59 Å². The van der Waals surface area contributed by atoms with Crippen molar-refractivity contribution in [2.24, 2.45) is 5.73 Å². The lowest BCUT2D eigenvalue weighted by Gasteiger charge is -2.14. The fourth-order valence-electron chi connectivity index (χ4n) is 1.48. The summed E-state index contributed by atoms with van der Waals surface area (Å²) >= 11 is 11.2. The highest BCUT2D eigenvalue weighted by atomic mass is 35.5. The van der Waals surface area contributed by atoms with Gasteiger partial charge in [0.1, 0.15) is 11.9 Å². The van der Waals surface area contributed by atoms with Gasteiger partial charge in [-0.05, 0) is 18.6 Å². The number of halogens is 3. The van der Waals surface area contributed by atoms with E-state index in [0.717, 1.165) is 12.1 Å². The number of carboxylic acids is 1. The lowest BCUT2D eigenvalue weighted by Crippen LogP contribution is -2.41. The van der Waals surface area contributed by atoms with Crippen molar-refractivity contribution in [2.45, 2.75) is 18.9 Å². The van der Waals surface area contributed by atoms with Crippen LogP contribution < -0.4 is 11.1 Å². The molecule has 0 aliphatic carbocycles. The van der Waals surface area contributed by atoms with E-state index in [1.54, 1.807) is 0 Å². The van der Waals surface area contributed by atoms with Crippen molar-refractivity contribution in [1.29, 1.82) is 0 Å². The zero-order chi connectivity index (χ0) is 16.2. The van der Waals surface area contributed by atoms with Crippen LogP contribution in [0.1, 0.15) is 23.2 Å². The molecule has 1 aromatic carbocycles. The summed E-state index contributed by atoms with van der Waals surface area (Å²) in [4.78, 5) is 33.5. The van der Waals surface area contributed by atoms with Crippen LogP contribution in [0.25, 0.3) is 0 Å². The number of nitrogens with one attached hydrogen (secondary N) is 1. The molecular weight excluding hydrogens is 326 g/mol. The highest BCUT2D eigenvalue weighted by molar-refractivity contribution is 6.36. The van der Waals surface area contributed by atoms with E-state index in [-0.39, 0.29) is 28.5 Å². The molecule has 0 heterocycles. The molecule has 0 aliphatic rings. The van der Waals surface area contributed by atoms with E-state index in [9.17, 15) is 18.8 Å². The molecule has 1 rings (SSSR count). The summed E-state index contributed by atoms with van der Waals surface area (Å²) in [5.74, 6) is -3.82. The Labute approximate surface area is 129 Å². The number of carbonyl (C=O) groups is 3. The quantitative estimate of drug-likeness (QED) is 0.685. The maximum absolute atomic E-state index is 13.3. The Morgan fingerprint density at radius 3 is 2.43 bits per heavy atom.